The predicted octanol–water partition coefficient (Wildman–Crippen LogP) is 3.83. The number of aromatic amines is 2. The first kappa shape index (κ1) is 26.5. The van der Waals surface area contributed by atoms with E-state index in [1.165, 1.54) is 6.20 Å². The predicted molar refractivity (Wildman–Crippen MR) is 147 cm³/mol. The van der Waals surface area contributed by atoms with Crippen LogP contribution >= 0.6 is 0 Å². The van der Waals surface area contributed by atoms with Crippen molar-refractivity contribution in [1.29, 1.82) is 0 Å². The Hall–Kier alpha value is -3.56. The Balaban J connectivity index is 1.78. The summed E-state index contributed by atoms with van der Waals surface area (Å²) in [7, 11) is -0.0723. The Labute approximate surface area is 217 Å². The number of fused-ring (bicyclic) bond motifs is 1. The molecule has 1 unspecified atom stereocenters. The van der Waals surface area contributed by atoms with Gasteiger partial charge in [-0.25, -0.2) is 13.7 Å². The van der Waals surface area contributed by atoms with E-state index in [9.17, 15) is 18.6 Å². The molecule has 0 amide bonds. The third kappa shape index (κ3) is 5.42. The molecule has 37 heavy (non-hydrogen) atoms. The highest BCUT2D eigenvalue weighted by molar-refractivity contribution is 7.98. The number of rotatable bonds is 7. The lowest BCUT2D eigenvalue weighted by Crippen LogP contribution is -2.25. The molecule has 0 bridgehead atoms. The Kier molecular flexibility index (Phi) is 7.47. The van der Waals surface area contributed by atoms with Gasteiger partial charge in [-0.15, -0.1) is 0 Å². The minimum atomic E-state index is -1.71. The van der Waals surface area contributed by atoms with Gasteiger partial charge in [0.2, 0.25) is 5.12 Å². The first-order valence-corrected chi connectivity index (χ1v) is 13.2. The first-order valence-electron chi connectivity index (χ1n) is 12.1. The van der Waals surface area contributed by atoms with E-state index in [1.807, 2.05) is 24.3 Å². The van der Waals surface area contributed by atoms with E-state index in [-0.39, 0.29) is 17.0 Å². The van der Waals surface area contributed by atoms with Gasteiger partial charge in [-0.3, -0.25) is 14.6 Å². The van der Waals surface area contributed by atoms with Gasteiger partial charge in [-0.1, -0.05) is 52.0 Å². The number of methoxy groups -OCH3 is 1. The molecule has 1 aliphatic carbocycles. The molecular weight excluding hydrogens is 490 g/mol. The van der Waals surface area contributed by atoms with Crippen LogP contribution in [0.25, 0.3) is 27.8 Å². The molecule has 4 rings (SSSR count). The van der Waals surface area contributed by atoms with Gasteiger partial charge in [0.05, 0.1) is 12.7 Å². The van der Waals surface area contributed by atoms with Crippen molar-refractivity contribution in [2.75, 3.05) is 13.7 Å². The molecule has 194 valence electrons. The molecule has 0 fully saturated rings. The third-order valence-electron chi connectivity index (χ3n) is 6.45. The second kappa shape index (κ2) is 10.4. The summed E-state index contributed by atoms with van der Waals surface area (Å²) in [5.74, 6) is 0.721. The van der Waals surface area contributed by atoms with Crippen molar-refractivity contribution >= 4 is 21.7 Å². The lowest BCUT2D eigenvalue weighted by atomic mass is 9.82. The average molecular weight is 522 g/mol. The SMILES string of the molecule is CCC(=O)S(=O)NCC1=CCc2cc(-c3cc(-c4c[nH]c(=O)[nH]c4=O)cc(C(C)(C)C)c3OC)ccc21. The number of carbonyl (C=O) groups is 1. The number of H-pyrrole nitrogens is 2. The molecule has 8 nitrogen and oxygen atoms in total. The number of allylic oxidation sites excluding steroid dienone is 1. The van der Waals surface area contributed by atoms with Gasteiger partial charge in [0.15, 0.2) is 11.0 Å². The van der Waals surface area contributed by atoms with Crippen LogP contribution < -0.4 is 20.7 Å². The zero-order valence-electron chi connectivity index (χ0n) is 21.6. The van der Waals surface area contributed by atoms with Crippen LogP contribution in [-0.4, -0.2) is 32.9 Å². The van der Waals surface area contributed by atoms with E-state index >= 15 is 0 Å². The van der Waals surface area contributed by atoms with E-state index in [4.69, 9.17) is 4.74 Å². The number of benzene rings is 2. The fourth-order valence-corrected chi connectivity index (χ4v) is 5.22. The maximum absolute atomic E-state index is 12.6. The summed E-state index contributed by atoms with van der Waals surface area (Å²) < 4.78 is 20.7. The molecule has 3 aromatic rings. The quantitative estimate of drug-likeness (QED) is 0.436. The molecule has 9 heteroatoms. The average Bonchev–Trinajstić information content (AvgIpc) is 3.27. The number of aromatic nitrogens is 2. The Morgan fingerprint density at radius 1 is 1.08 bits per heavy atom. The zero-order chi connectivity index (χ0) is 26.9. The molecule has 1 aliphatic rings. The van der Waals surface area contributed by atoms with Crippen LogP contribution in [0.3, 0.4) is 0 Å². The summed E-state index contributed by atoms with van der Waals surface area (Å²) in [6, 6.07) is 9.95. The smallest absolute Gasteiger partial charge is 0.325 e. The van der Waals surface area contributed by atoms with Gasteiger partial charge in [0, 0.05) is 30.3 Å². The molecule has 0 aliphatic heterocycles. The summed E-state index contributed by atoms with van der Waals surface area (Å²) in [5.41, 5.74) is 5.56. The van der Waals surface area contributed by atoms with Crippen molar-refractivity contribution in [3.63, 3.8) is 0 Å². The Bertz CT molecular complexity index is 1540. The van der Waals surface area contributed by atoms with Crippen LogP contribution in [0.5, 0.6) is 5.75 Å². The zero-order valence-corrected chi connectivity index (χ0v) is 22.4. The number of nitrogens with one attached hydrogen (secondary N) is 3. The number of ether oxygens (including phenoxy) is 1. The van der Waals surface area contributed by atoms with Crippen molar-refractivity contribution in [1.82, 2.24) is 14.7 Å². The standard InChI is InChI=1S/C28H31N3O5S/c1-6-24(32)37(35)30-14-18-8-7-16-11-17(9-10-20(16)18)21-12-19(22-15-29-27(34)31-26(22)33)13-23(25(21)36-5)28(2,3)4/h8-13,15,30H,6-7,14H2,1-5H3,(H2,29,31,33,34). The van der Waals surface area contributed by atoms with E-state index in [0.29, 0.717) is 24.1 Å². The third-order valence-corrected chi connectivity index (χ3v) is 7.56. The maximum Gasteiger partial charge on any atom is 0.325 e. The Morgan fingerprint density at radius 2 is 1.84 bits per heavy atom. The molecule has 1 atom stereocenters. The molecule has 0 spiro atoms. The van der Waals surface area contributed by atoms with Gasteiger partial charge in [0.25, 0.3) is 5.56 Å². The van der Waals surface area contributed by atoms with Crippen LogP contribution in [0.4, 0.5) is 0 Å². The minimum Gasteiger partial charge on any atom is -0.496 e. The van der Waals surface area contributed by atoms with Gasteiger partial charge in [-0.2, -0.15) is 0 Å². The number of hydrogen-bond donors (Lipinski definition) is 3. The second-order valence-electron chi connectivity index (χ2n) is 9.96. The Morgan fingerprint density at radius 3 is 2.49 bits per heavy atom. The first-order chi connectivity index (χ1) is 17.5. The highest BCUT2D eigenvalue weighted by atomic mass is 32.2. The lowest BCUT2D eigenvalue weighted by molar-refractivity contribution is -0.111. The van der Waals surface area contributed by atoms with Crippen LogP contribution in [0, 0.1) is 0 Å². The molecule has 1 aromatic heterocycles. The van der Waals surface area contributed by atoms with Crippen LogP contribution in [0.1, 0.15) is 50.8 Å². The van der Waals surface area contributed by atoms with E-state index in [1.54, 1.807) is 14.0 Å². The van der Waals surface area contributed by atoms with Gasteiger partial charge in [0.1, 0.15) is 5.75 Å². The largest absolute Gasteiger partial charge is 0.496 e. The summed E-state index contributed by atoms with van der Waals surface area (Å²) >= 11 is 0. The summed E-state index contributed by atoms with van der Waals surface area (Å²) in [6.07, 6.45) is 4.44. The van der Waals surface area contributed by atoms with Gasteiger partial charge >= 0.3 is 5.69 Å². The normalized spacial score (nSPS) is 13.7. The topological polar surface area (TPSA) is 121 Å². The van der Waals surface area contributed by atoms with Crippen LogP contribution in [0.15, 0.2) is 52.2 Å². The van der Waals surface area contributed by atoms with Crippen LogP contribution in [0.2, 0.25) is 0 Å². The monoisotopic (exact) mass is 521 g/mol. The van der Waals surface area contributed by atoms with E-state index in [2.05, 4.69) is 47.6 Å². The highest BCUT2D eigenvalue weighted by Crippen LogP contribution is 2.43. The summed E-state index contributed by atoms with van der Waals surface area (Å²) in [5, 5.41) is -0.322. The van der Waals surface area contributed by atoms with Crippen molar-refractivity contribution < 1.29 is 13.7 Å². The van der Waals surface area contributed by atoms with Crippen molar-refractivity contribution in [2.24, 2.45) is 0 Å². The summed E-state index contributed by atoms with van der Waals surface area (Å²) in [6.45, 7) is 8.26. The van der Waals surface area contributed by atoms with Crippen LogP contribution in [-0.2, 0) is 27.6 Å². The molecule has 0 saturated carbocycles. The maximum atomic E-state index is 12.6. The fourth-order valence-electron chi connectivity index (χ4n) is 4.51. The summed E-state index contributed by atoms with van der Waals surface area (Å²) in [4.78, 5) is 40.7. The van der Waals surface area contributed by atoms with Crippen molar-refractivity contribution in [2.45, 2.75) is 46.0 Å². The molecule has 2 aromatic carbocycles. The van der Waals surface area contributed by atoms with E-state index in [0.717, 1.165) is 39.1 Å². The van der Waals surface area contributed by atoms with Gasteiger partial charge < -0.3 is 9.72 Å². The number of hydrogen-bond acceptors (Lipinski definition) is 5. The molecule has 0 radical (unpaired) electrons. The fraction of sp³-hybridized carbons (Fsp3) is 0.321. The number of carbonyl (C=O) groups excluding carboxylic acids is 1. The van der Waals surface area contributed by atoms with E-state index < -0.39 is 22.2 Å². The second-order valence-corrected chi connectivity index (χ2v) is 11.2. The van der Waals surface area contributed by atoms with Crippen molar-refractivity contribution in [3.8, 4) is 28.0 Å². The lowest BCUT2D eigenvalue weighted by Gasteiger charge is -2.25. The van der Waals surface area contributed by atoms with Gasteiger partial charge in [-0.05, 0) is 51.8 Å². The molecule has 0 saturated heterocycles. The highest BCUT2D eigenvalue weighted by Gasteiger charge is 2.25. The molecular formula is C28H31N3O5S. The molecule has 1 heterocycles. The van der Waals surface area contributed by atoms with Crippen molar-refractivity contribution in [3.05, 3.63) is 80.1 Å². The minimum absolute atomic E-state index is 0.223. The molecule has 3 N–H and O–H groups in total.